The predicted octanol–water partition coefficient (Wildman–Crippen LogP) is 6.79. The van der Waals surface area contributed by atoms with E-state index in [0.29, 0.717) is 0 Å². The number of hydrogen-bond acceptors (Lipinski definition) is 1. The van der Waals surface area contributed by atoms with Crippen LogP contribution in [0.3, 0.4) is 0 Å². The molecule has 0 atom stereocenters. The van der Waals surface area contributed by atoms with Gasteiger partial charge in [-0.3, -0.25) is 0 Å². The molecule has 0 saturated heterocycles. The maximum absolute atomic E-state index is 3.62. The third-order valence-electron chi connectivity index (χ3n) is 3.80. The Morgan fingerprint density at radius 2 is 1.23 bits per heavy atom. The number of anilines is 2. The van der Waals surface area contributed by atoms with Gasteiger partial charge in [-0.2, -0.15) is 0 Å². The van der Waals surface area contributed by atoms with Crippen molar-refractivity contribution >= 4 is 27.3 Å². The van der Waals surface area contributed by atoms with Crippen molar-refractivity contribution < 1.29 is 0 Å². The summed E-state index contributed by atoms with van der Waals surface area (Å²) in [6.45, 7) is 13.4. The topological polar surface area (TPSA) is 12.0 Å². The molecule has 0 aliphatic carbocycles. The van der Waals surface area contributed by atoms with Gasteiger partial charge in [0.15, 0.2) is 0 Å². The first kappa shape index (κ1) is 17.1. The maximum atomic E-state index is 3.62. The molecule has 118 valence electrons. The quantitative estimate of drug-likeness (QED) is 0.622. The van der Waals surface area contributed by atoms with Crippen LogP contribution in [0.5, 0.6) is 0 Å². The average molecular weight is 360 g/mol. The Morgan fingerprint density at radius 1 is 0.682 bits per heavy atom. The van der Waals surface area contributed by atoms with E-state index in [4.69, 9.17) is 0 Å². The van der Waals surface area contributed by atoms with E-state index in [1.54, 1.807) is 0 Å². The Bertz CT molecular complexity index is 643. The number of nitrogens with one attached hydrogen (secondary N) is 1. The summed E-state index contributed by atoms with van der Waals surface area (Å²) in [7, 11) is 0. The van der Waals surface area contributed by atoms with Crippen molar-refractivity contribution in [2.75, 3.05) is 5.32 Å². The third kappa shape index (κ3) is 4.36. The Kier molecular flexibility index (Phi) is 4.72. The lowest BCUT2D eigenvalue weighted by atomic mass is 9.86. The summed E-state index contributed by atoms with van der Waals surface area (Å²) in [5.74, 6) is 0. The van der Waals surface area contributed by atoms with E-state index < -0.39 is 0 Å². The van der Waals surface area contributed by atoms with Crippen molar-refractivity contribution in [3.63, 3.8) is 0 Å². The van der Waals surface area contributed by atoms with Gasteiger partial charge in [0.1, 0.15) is 0 Å². The molecule has 2 aromatic rings. The Hall–Kier alpha value is -1.28. The zero-order valence-corrected chi connectivity index (χ0v) is 16.0. The molecule has 0 amide bonds. The number of hydrogen-bond donors (Lipinski definition) is 1. The summed E-state index contributed by atoms with van der Waals surface area (Å²) < 4.78 is 1.11. The molecule has 0 aromatic heterocycles. The lowest BCUT2D eigenvalue weighted by Crippen LogP contribution is -2.11. The second-order valence-electron chi connectivity index (χ2n) is 7.93. The van der Waals surface area contributed by atoms with E-state index >= 15 is 0 Å². The van der Waals surface area contributed by atoms with E-state index in [0.717, 1.165) is 15.8 Å². The zero-order valence-electron chi connectivity index (χ0n) is 14.4. The van der Waals surface area contributed by atoms with Gasteiger partial charge in [0.2, 0.25) is 0 Å². The molecule has 2 rings (SSSR count). The first-order chi connectivity index (χ1) is 10.1. The van der Waals surface area contributed by atoms with Crippen LogP contribution in [0, 0.1) is 0 Å². The molecule has 0 unspecified atom stereocenters. The minimum Gasteiger partial charge on any atom is -0.355 e. The van der Waals surface area contributed by atoms with Gasteiger partial charge >= 0.3 is 0 Å². The van der Waals surface area contributed by atoms with Gasteiger partial charge in [0, 0.05) is 15.8 Å². The van der Waals surface area contributed by atoms with Gasteiger partial charge in [0.25, 0.3) is 0 Å². The molecule has 0 fully saturated rings. The van der Waals surface area contributed by atoms with E-state index in [2.05, 4.69) is 105 Å². The molecule has 0 saturated carbocycles. The van der Waals surface area contributed by atoms with Crippen LogP contribution in [0.25, 0.3) is 0 Å². The molecular weight excluding hydrogens is 334 g/mol. The summed E-state index contributed by atoms with van der Waals surface area (Å²) in [4.78, 5) is 0. The van der Waals surface area contributed by atoms with Crippen LogP contribution in [0.4, 0.5) is 11.4 Å². The first-order valence-electron chi connectivity index (χ1n) is 7.74. The second kappa shape index (κ2) is 6.08. The fraction of sp³-hybridized carbons (Fsp3) is 0.400. The molecule has 0 aliphatic rings. The van der Waals surface area contributed by atoms with Crippen LogP contribution < -0.4 is 5.32 Å². The minimum atomic E-state index is 0.135. The van der Waals surface area contributed by atoms with E-state index in [1.165, 1.54) is 11.1 Å². The first-order valence-corrected chi connectivity index (χ1v) is 8.54. The van der Waals surface area contributed by atoms with Crippen molar-refractivity contribution in [2.24, 2.45) is 0 Å². The minimum absolute atomic E-state index is 0.135. The molecule has 0 radical (unpaired) electrons. The third-order valence-corrected chi connectivity index (χ3v) is 4.26. The molecule has 1 N–H and O–H groups in total. The summed E-state index contributed by atoms with van der Waals surface area (Å²) >= 11 is 3.62. The number of rotatable bonds is 2. The highest BCUT2D eigenvalue weighted by Crippen LogP contribution is 2.31. The monoisotopic (exact) mass is 359 g/mol. The van der Waals surface area contributed by atoms with Crippen LogP contribution in [-0.4, -0.2) is 0 Å². The van der Waals surface area contributed by atoms with Crippen molar-refractivity contribution in [3.8, 4) is 0 Å². The van der Waals surface area contributed by atoms with Crippen molar-refractivity contribution in [1.29, 1.82) is 0 Å². The summed E-state index contributed by atoms with van der Waals surface area (Å²) in [5.41, 5.74) is 5.22. The van der Waals surface area contributed by atoms with Gasteiger partial charge in [0.05, 0.1) is 0 Å². The molecule has 2 aromatic carbocycles. The smallest absolute Gasteiger partial charge is 0.0398 e. The zero-order chi connectivity index (χ0) is 16.5. The molecule has 2 heteroatoms. The largest absolute Gasteiger partial charge is 0.355 e. The summed E-state index contributed by atoms with van der Waals surface area (Å²) in [6.07, 6.45) is 0. The fourth-order valence-corrected chi connectivity index (χ4v) is 2.81. The van der Waals surface area contributed by atoms with E-state index in [1.807, 2.05) is 0 Å². The Balaban J connectivity index is 2.26. The molecule has 22 heavy (non-hydrogen) atoms. The summed E-state index contributed by atoms with van der Waals surface area (Å²) in [6, 6.07) is 15.2. The van der Waals surface area contributed by atoms with Gasteiger partial charge in [-0.15, -0.1) is 0 Å². The van der Waals surface area contributed by atoms with E-state index in [9.17, 15) is 0 Å². The molecule has 0 heterocycles. The number of halogens is 1. The highest BCUT2D eigenvalue weighted by Gasteiger charge is 2.15. The highest BCUT2D eigenvalue weighted by atomic mass is 79.9. The SMILES string of the molecule is CC(C)(C)c1ccc(Nc2cc(Br)cc(C(C)(C)C)c2)cc1. The van der Waals surface area contributed by atoms with Crippen molar-refractivity contribution in [3.05, 3.63) is 58.1 Å². The summed E-state index contributed by atoms with van der Waals surface area (Å²) in [5, 5.41) is 3.51. The van der Waals surface area contributed by atoms with Gasteiger partial charge in [-0.05, 0) is 52.3 Å². The lowest BCUT2D eigenvalue weighted by molar-refractivity contribution is 0.590. The number of benzene rings is 2. The Morgan fingerprint density at radius 3 is 1.73 bits per heavy atom. The van der Waals surface area contributed by atoms with Crippen LogP contribution >= 0.6 is 15.9 Å². The Labute approximate surface area is 143 Å². The predicted molar refractivity (Wildman–Crippen MR) is 101 cm³/mol. The van der Waals surface area contributed by atoms with Crippen LogP contribution in [0.2, 0.25) is 0 Å². The standard InChI is InChI=1S/C20H26BrN/c1-19(2,3)14-7-9-17(10-8-14)22-18-12-15(20(4,5)6)11-16(21)13-18/h7-13,22H,1-6H3. The average Bonchev–Trinajstić information content (AvgIpc) is 2.36. The van der Waals surface area contributed by atoms with Gasteiger partial charge in [-0.1, -0.05) is 69.6 Å². The van der Waals surface area contributed by atoms with Crippen LogP contribution in [-0.2, 0) is 10.8 Å². The lowest BCUT2D eigenvalue weighted by Gasteiger charge is -2.21. The van der Waals surface area contributed by atoms with Crippen molar-refractivity contribution in [2.45, 2.75) is 52.4 Å². The normalized spacial score (nSPS) is 12.3. The highest BCUT2D eigenvalue weighted by molar-refractivity contribution is 9.10. The molecule has 0 bridgehead atoms. The van der Waals surface area contributed by atoms with E-state index in [-0.39, 0.29) is 10.8 Å². The van der Waals surface area contributed by atoms with Crippen LogP contribution in [0.1, 0.15) is 52.7 Å². The second-order valence-corrected chi connectivity index (χ2v) is 8.85. The van der Waals surface area contributed by atoms with Crippen LogP contribution in [0.15, 0.2) is 46.9 Å². The molecule has 0 aliphatic heterocycles. The van der Waals surface area contributed by atoms with Gasteiger partial charge in [-0.25, -0.2) is 0 Å². The molecule has 0 spiro atoms. The van der Waals surface area contributed by atoms with Crippen molar-refractivity contribution in [1.82, 2.24) is 0 Å². The van der Waals surface area contributed by atoms with Gasteiger partial charge < -0.3 is 5.32 Å². The molecular formula is C20H26BrN. The maximum Gasteiger partial charge on any atom is 0.0398 e. The molecule has 1 nitrogen and oxygen atoms in total. The fourth-order valence-electron chi connectivity index (χ4n) is 2.32.